The molecule has 0 N–H and O–H groups in total. The maximum Gasteiger partial charge on any atom is 0.318 e. The van der Waals surface area contributed by atoms with Crippen LogP contribution < -0.4 is 4.90 Å². The van der Waals surface area contributed by atoms with E-state index in [1.807, 2.05) is 14.0 Å². The SMILES string of the molecule is CC(Cl)c1nnc(N(C)C2CCCCC2C)o1. The highest BCUT2D eigenvalue weighted by Gasteiger charge is 2.28. The van der Waals surface area contributed by atoms with Crippen LogP contribution in [0, 0.1) is 5.92 Å². The molecule has 96 valence electrons. The van der Waals surface area contributed by atoms with E-state index in [0.717, 1.165) is 0 Å². The average molecular weight is 258 g/mol. The molecular formula is C12H20ClN3O. The first-order valence-corrected chi connectivity index (χ1v) is 6.73. The van der Waals surface area contributed by atoms with Crippen molar-refractivity contribution in [3.63, 3.8) is 0 Å². The molecular weight excluding hydrogens is 238 g/mol. The lowest BCUT2D eigenvalue weighted by Crippen LogP contribution is -2.39. The van der Waals surface area contributed by atoms with Gasteiger partial charge in [-0.15, -0.1) is 16.7 Å². The molecule has 1 fully saturated rings. The molecule has 3 unspecified atom stereocenters. The number of rotatable bonds is 3. The van der Waals surface area contributed by atoms with Gasteiger partial charge in [0.1, 0.15) is 5.38 Å². The smallest absolute Gasteiger partial charge is 0.318 e. The number of hydrogen-bond acceptors (Lipinski definition) is 4. The highest BCUT2D eigenvalue weighted by atomic mass is 35.5. The van der Waals surface area contributed by atoms with Gasteiger partial charge in [0, 0.05) is 13.1 Å². The molecule has 0 aromatic carbocycles. The van der Waals surface area contributed by atoms with Crippen molar-refractivity contribution in [3.05, 3.63) is 5.89 Å². The zero-order chi connectivity index (χ0) is 12.4. The summed E-state index contributed by atoms with van der Waals surface area (Å²) < 4.78 is 5.58. The highest BCUT2D eigenvalue weighted by Crippen LogP contribution is 2.30. The molecule has 0 radical (unpaired) electrons. The second-order valence-electron chi connectivity index (χ2n) is 4.98. The van der Waals surface area contributed by atoms with Gasteiger partial charge in [-0.3, -0.25) is 0 Å². The molecule has 5 heteroatoms. The van der Waals surface area contributed by atoms with Crippen LogP contribution in [0.2, 0.25) is 0 Å². The molecule has 17 heavy (non-hydrogen) atoms. The highest BCUT2D eigenvalue weighted by molar-refractivity contribution is 6.20. The van der Waals surface area contributed by atoms with Crippen LogP contribution in [-0.2, 0) is 0 Å². The van der Waals surface area contributed by atoms with Crippen molar-refractivity contribution in [2.45, 2.75) is 50.9 Å². The predicted octanol–water partition coefficient (Wildman–Crippen LogP) is 3.38. The minimum Gasteiger partial charge on any atom is -0.406 e. The lowest BCUT2D eigenvalue weighted by atomic mass is 9.85. The molecule has 0 bridgehead atoms. The largest absolute Gasteiger partial charge is 0.406 e. The Morgan fingerprint density at radius 1 is 1.35 bits per heavy atom. The lowest BCUT2D eigenvalue weighted by Gasteiger charge is -2.35. The second-order valence-corrected chi connectivity index (χ2v) is 5.63. The molecule has 0 saturated heterocycles. The van der Waals surface area contributed by atoms with E-state index < -0.39 is 0 Å². The number of hydrogen-bond donors (Lipinski definition) is 0. The van der Waals surface area contributed by atoms with Gasteiger partial charge >= 0.3 is 6.01 Å². The Morgan fingerprint density at radius 2 is 2.06 bits per heavy atom. The number of alkyl halides is 1. The van der Waals surface area contributed by atoms with Gasteiger partial charge in [0.05, 0.1) is 0 Å². The fraction of sp³-hybridized carbons (Fsp3) is 0.833. The molecule has 0 amide bonds. The van der Waals surface area contributed by atoms with E-state index >= 15 is 0 Å². The molecule has 2 rings (SSSR count). The van der Waals surface area contributed by atoms with Crippen molar-refractivity contribution < 1.29 is 4.42 Å². The van der Waals surface area contributed by atoms with Gasteiger partial charge in [0.2, 0.25) is 5.89 Å². The minimum absolute atomic E-state index is 0.228. The first-order valence-electron chi connectivity index (χ1n) is 6.30. The summed E-state index contributed by atoms with van der Waals surface area (Å²) >= 11 is 5.92. The van der Waals surface area contributed by atoms with Gasteiger partial charge in [-0.2, -0.15) is 0 Å². The van der Waals surface area contributed by atoms with Crippen LogP contribution in [0.15, 0.2) is 4.42 Å². The molecule has 3 atom stereocenters. The first kappa shape index (κ1) is 12.7. The summed E-state index contributed by atoms with van der Waals surface area (Å²) in [4.78, 5) is 2.11. The summed E-state index contributed by atoms with van der Waals surface area (Å²) in [7, 11) is 2.03. The van der Waals surface area contributed by atoms with Crippen molar-refractivity contribution in [1.29, 1.82) is 0 Å². The van der Waals surface area contributed by atoms with E-state index in [-0.39, 0.29) is 5.38 Å². The van der Waals surface area contributed by atoms with E-state index in [0.29, 0.717) is 23.9 Å². The number of nitrogens with zero attached hydrogens (tertiary/aromatic N) is 3. The second kappa shape index (κ2) is 5.25. The Hall–Kier alpha value is -0.770. The molecule has 1 aliphatic rings. The van der Waals surface area contributed by atoms with Gasteiger partial charge in [-0.25, -0.2) is 0 Å². The van der Waals surface area contributed by atoms with Gasteiger partial charge in [0.25, 0.3) is 0 Å². The fourth-order valence-electron chi connectivity index (χ4n) is 2.54. The molecule has 1 aliphatic carbocycles. The van der Waals surface area contributed by atoms with E-state index in [4.69, 9.17) is 16.0 Å². The number of anilines is 1. The van der Waals surface area contributed by atoms with Crippen molar-refractivity contribution in [2.24, 2.45) is 5.92 Å². The van der Waals surface area contributed by atoms with E-state index in [1.165, 1.54) is 25.7 Å². The third-order valence-electron chi connectivity index (χ3n) is 3.64. The maximum atomic E-state index is 5.92. The maximum absolute atomic E-state index is 5.92. The van der Waals surface area contributed by atoms with E-state index in [9.17, 15) is 0 Å². The van der Waals surface area contributed by atoms with Crippen molar-refractivity contribution in [2.75, 3.05) is 11.9 Å². The van der Waals surface area contributed by atoms with Gasteiger partial charge in [-0.05, 0) is 25.7 Å². The van der Waals surface area contributed by atoms with Crippen molar-refractivity contribution >= 4 is 17.6 Å². The predicted molar refractivity (Wildman–Crippen MR) is 68.4 cm³/mol. The van der Waals surface area contributed by atoms with Crippen LogP contribution in [-0.4, -0.2) is 23.3 Å². The summed E-state index contributed by atoms with van der Waals surface area (Å²) in [6.07, 6.45) is 5.10. The van der Waals surface area contributed by atoms with E-state index in [2.05, 4.69) is 22.0 Å². The summed E-state index contributed by atoms with van der Waals surface area (Å²) in [5.74, 6) is 1.18. The standard InChI is InChI=1S/C12H20ClN3O/c1-8-6-4-5-7-10(8)16(3)12-15-14-11(17-12)9(2)13/h8-10H,4-7H2,1-3H3. The number of halogens is 1. The summed E-state index contributed by atoms with van der Waals surface area (Å²) in [6.45, 7) is 4.13. The van der Waals surface area contributed by atoms with Crippen LogP contribution in [0.25, 0.3) is 0 Å². The van der Waals surface area contributed by atoms with Crippen LogP contribution in [0.3, 0.4) is 0 Å². The van der Waals surface area contributed by atoms with Gasteiger partial charge in [0.15, 0.2) is 0 Å². The van der Waals surface area contributed by atoms with Crippen LogP contribution in [0.5, 0.6) is 0 Å². The van der Waals surface area contributed by atoms with Crippen LogP contribution >= 0.6 is 11.6 Å². The van der Waals surface area contributed by atoms with Gasteiger partial charge in [-0.1, -0.05) is 24.9 Å². The van der Waals surface area contributed by atoms with Gasteiger partial charge < -0.3 is 9.32 Å². The Kier molecular flexibility index (Phi) is 3.92. The molecule has 1 aromatic rings. The summed E-state index contributed by atoms with van der Waals surface area (Å²) in [5, 5.41) is 7.81. The molecule has 1 saturated carbocycles. The zero-order valence-electron chi connectivity index (χ0n) is 10.7. The fourth-order valence-corrected chi connectivity index (χ4v) is 2.63. The topological polar surface area (TPSA) is 42.2 Å². The minimum atomic E-state index is -0.228. The molecule has 0 aliphatic heterocycles. The quantitative estimate of drug-likeness (QED) is 0.779. The first-order chi connectivity index (χ1) is 8.09. The Balaban J connectivity index is 2.09. The third kappa shape index (κ3) is 2.73. The zero-order valence-corrected chi connectivity index (χ0v) is 11.4. The van der Waals surface area contributed by atoms with E-state index in [1.54, 1.807) is 0 Å². The van der Waals surface area contributed by atoms with Crippen molar-refractivity contribution in [3.8, 4) is 0 Å². The Labute approximate surface area is 107 Å². The molecule has 4 nitrogen and oxygen atoms in total. The lowest BCUT2D eigenvalue weighted by molar-refractivity contribution is 0.309. The number of aromatic nitrogens is 2. The molecule has 1 heterocycles. The normalized spacial score (nSPS) is 26.8. The van der Waals surface area contributed by atoms with Crippen LogP contribution in [0.1, 0.15) is 50.8 Å². The van der Waals surface area contributed by atoms with Crippen LogP contribution in [0.4, 0.5) is 6.01 Å². The Bertz CT molecular complexity index is 366. The third-order valence-corrected chi connectivity index (χ3v) is 3.82. The molecule has 1 aromatic heterocycles. The summed E-state index contributed by atoms with van der Waals surface area (Å²) in [6, 6.07) is 1.09. The monoisotopic (exact) mass is 257 g/mol. The summed E-state index contributed by atoms with van der Waals surface area (Å²) in [5.41, 5.74) is 0. The molecule has 0 spiro atoms. The van der Waals surface area contributed by atoms with Crippen molar-refractivity contribution in [1.82, 2.24) is 10.2 Å². The average Bonchev–Trinajstić information content (AvgIpc) is 2.78. The Morgan fingerprint density at radius 3 is 2.65 bits per heavy atom.